The average Bonchev–Trinajstić information content (AvgIpc) is 3.28. The summed E-state index contributed by atoms with van der Waals surface area (Å²) in [6.45, 7) is 4.21. The first-order valence-corrected chi connectivity index (χ1v) is 28.6. The van der Waals surface area contributed by atoms with Crippen molar-refractivity contribution in [3.8, 4) is 0 Å². The smallest absolute Gasteiger partial charge is 0.306 e. The van der Waals surface area contributed by atoms with Crippen molar-refractivity contribution < 1.29 is 24.2 Å². The average molecular weight is 878 g/mol. The molecule has 5 heteroatoms. The van der Waals surface area contributed by atoms with E-state index in [0.717, 1.165) is 32.1 Å². The predicted octanol–water partition coefficient (Wildman–Crippen LogP) is 19.0. The lowest BCUT2D eigenvalue weighted by Gasteiger charge is -2.15. The molecule has 1 N–H and O–H groups in total. The van der Waals surface area contributed by atoms with Crippen LogP contribution in [0.2, 0.25) is 0 Å². The van der Waals surface area contributed by atoms with Crippen LogP contribution in [-0.2, 0) is 19.1 Å². The molecule has 370 valence electrons. The molecule has 0 aliphatic rings. The molecule has 0 spiro atoms. The third kappa shape index (κ3) is 51.5. The van der Waals surface area contributed by atoms with Crippen molar-refractivity contribution >= 4 is 11.9 Å². The molecule has 0 aliphatic heterocycles. The molecule has 0 aromatic carbocycles. The molecule has 0 saturated heterocycles. The van der Waals surface area contributed by atoms with Crippen LogP contribution in [0.3, 0.4) is 0 Å². The van der Waals surface area contributed by atoms with Crippen LogP contribution >= 0.6 is 0 Å². The number of hydrogen-bond donors (Lipinski definition) is 1. The van der Waals surface area contributed by atoms with Gasteiger partial charge in [-0.05, 0) is 12.8 Å². The third-order valence-electron chi connectivity index (χ3n) is 13.4. The molecule has 5 nitrogen and oxygen atoms in total. The topological polar surface area (TPSA) is 72.8 Å². The van der Waals surface area contributed by atoms with Gasteiger partial charge in [0.15, 0.2) is 6.10 Å². The van der Waals surface area contributed by atoms with E-state index in [2.05, 4.69) is 13.8 Å². The van der Waals surface area contributed by atoms with Crippen LogP contribution in [0, 0.1) is 0 Å². The van der Waals surface area contributed by atoms with E-state index in [1.807, 2.05) is 0 Å². The van der Waals surface area contributed by atoms with Crippen molar-refractivity contribution in [1.29, 1.82) is 0 Å². The van der Waals surface area contributed by atoms with E-state index < -0.39 is 6.10 Å². The standard InChI is InChI=1S/C57H112O5/c1-3-5-7-9-11-13-15-17-19-21-23-24-25-26-27-28-29-30-31-32-33-34-36-38-40-42-44-46-48-50-52-57(60)62-55(53-58)54-61-56(59)51-49-47-45-43-41-39-37-35-22-20-18-16-14-12-10-8-6-4-2/h55,58H,3-54H2,1-2H3. The minimum absolute atomic E-state index is 0.0558. The van der Waals surface area contributed by atoms with Crippen LogP contribution in [0.5, 0.6) is 0 Å². The molecule has 0 aromatic heterocycles. The zero-order valence-electron chi connectivity index (χ0n) is 42.4. The Kier molecular flexibility index (Phi) is 53.3. The van der Waals surface area contributed by atoms with Crippen LogP contribution in [-0.4, -0.2) is 36.4 Å². The summed E-state index contributed by atoms with van der Waals surface area (Å²) in [5.74, 6) is -0.564. The van der Waals surface area contributed by atoms with Crippen molar-refractivity contribution in [1.82, 2.24) is 0 Å². The maximum Gasteiger partial charge on any atom is 0.306 e. The molecule has 1 atom stereocenters. The second-order valence-corrected chi connectivity index (χ2v) is 19.7. The summed E-state index contributed by atoms with van der Waals surface area (Å²) in [5.41, 5.74) is 0. The predicted molar refractivity (Wildman–Crippen MR) is 270 cm³/mol. The monoisotopic (exact) mass is 877 g/mol. The Morgan fingerprint density at radius 1 is 0.306 bits per heavy atom. The van der Waals surface area contributed by atoms with Gasteiger partial charge in [0, 0.05) is 12.8 Å². The zero-order valence-corrected chi connectivity index (χ0v) is 42.4. The van der Waals surface area contributed by atoms with Crippen LogP contribution in [0.1, 0.15) is 335 Å². The maximum absolute atomic E-state index is 12.3. The highest BCUT2D eigenvalue weighted by Gasteiger charge is 2.16. The van der Waals surface area contributed by atoms with E-state index in [9.17, 15) is 14.7 Å². The van der Waals surface area contributed by atoms with E-state index in [0.29, 0.717) is 12.8 Å². The minimum atomic E-state index is -0.764. The van der Waals surface area contributed by atoms with Crippen molar-refractivity contribution in [2.45, 2.75) is 341 Å². The summed E-state index contributed by atoms with van der Waals surface area (Å²) < 4.78 is 10.7. The summed E-state index contributed by atoms with van der Waals surface area (Å²) in [7, 11) is 0. The van der Waals surface area contributed by atoms with Gasteiger partial charge in [0.25, 0.3) is 0 Å². The van der Waals surface area contributed by atoms with Gasteiger partial charge in [-0.2, -0.15) is 0 Å². The molecule has 0 fully saturated rings. The molecule has 62 heavy (non-hydrogen) atoms. The van der Waals surface area contributed by atoms with Crippen LogP contribution in [0.25, 0.3) is 0 Å². The highest BCUT2D eigenvalue weighted by atomic mass is 16.6. The maximum atomic E-state index is 12.3. The number of esters is 2. The number of aliphatic hydroxyl groups excluding tert-OH is 1. The lowest BCUT2D eigenvalue weighted by Crippen LogP contribution is -2.28. The SMILES string of the molecule is CCCCCCCCCCCCCCCCCCCCCCCCCCCCCCCCC(=O)OC(CO)COC(=O)CCCCCCCCCCCCCCCCCCCC. The Balaban J connectivity index is 3.37. The van der Waals surface area contributed by atoms with Gasteiger partial charge in [-0.1, -0.05) is 309 Å². The summed E-state index contributed by atoms with van der Waals surface area (Å²) >= 11 is 0. The van der Waals surface area contributed by atoms with Gasteiger partial charge in [-0.25, -0.2) is 0 Å². The summed E-state index contributed by atoms with van der Waals surface area (Å²) in [4.78, 5) is 24.5. The van der Waals surface area contributed by atoms with E-state index in [1.54, 1.807) is 0 Å². The van der Waals surface area contributed by atoms with E-state index in [4.69, 9.17) is 9.47 Å². The largest absolute Gasteiger partial charge is 0.462 e. The van der Waals surface area contributed by atoms with E-state index in [-0.39, 0.29) is 25.2 Å². The minimum Gasteiger partial charge on any atom is -0.462 e. The van der Waals surface area contributed by atoms with Crippen LogP contribution in [0.15, 0.2) is 0 Å². The molecule has 0 bridgehead atoms. The summed E-state index contributed by atoms with van der Waals surface area (Å²) in [6, 6.07) is 0. The van der Waals surface area contributed by atoms with Gasteiger partial charge < -0.3 is 14.6 Å². The Morgan fingerprint density at radius 2 is 0.500 bits per heavy atom. The lowest BCUT2D eigenvalue weighted by molar-refractivity contribution is -0.161. The fourth-order valence-electron chi connectivity index (χ4n) is 9.09. The Labute approximate surface area is 389 Å². The Hall–Kier alpha value is -1.10. The van der Waals surface area contributed by atoms with Gasteiger partial charge >= 0.3 is 11.9 Å². The summed E-state index contributed by atoms with van der Waals surface area (Å²) in [6.07, 6.45) is 65.2. The van der Waals surface area contributed by atoms with Gasteiger partial charge in [-0.3, -0.25) is 9.59 Å². The van der Waals surface area contributed by atoms with Gasteiger partial charge in [0.1, 0.15) is 6.61 Å². The number of hydrogen-bond acceptors (Lipinski definition) is 5. The Bertz CT molecular complexity index is 860. The highest BCUT2D eigenvalue weighted by Crippen LogP contribution is 2.18. The summed E-state index contributed by atoms with van der Waals surface area (Å²) in [5, 5.41) is 9.64. The number of carbonyl (C=O) groups excluding carboxylic acids is 2. The Morgan fingerprint density at radius 3 is 0.710 bits per heavy atom. The first kappa shape index (κ1) is 60.9. The molecule has 0 saturated carbocycles. The molecule has 0 heterocycles. The van der Waals surface area contributed by atoms with Crippen LogP contribution < -0.4 is 0 Å². The van der Waals surface area contributed by atoms with Crippen molar-refractivity contribution in [3.05, 3.63) is 0 Å². The highest BCUT2D eigenvalue weighted by molar-refractivity contribution is 5.70. The molecule has 1 unspecified atom stereocenters. The van der Waals surface area contributed by atoms with Crippen LogP contribution in [0.4, 0.5) is 0 Å². The number of ether oxygens (including phenoxy) is 2. The second-order valence-electron chi connectivity index (χ2n) is 19.7. The molecular weight excluding hydrogens is 765 g/mol. The van der Waals surface area contributed by atoms with Crippen molar-refractivity contribution in [2.24, 2.45) is 0 Å². The number of aliphatic hydroxyl groups is 1. The molecule has 0 radical (unpaired) electrons. The number of rotatable bonds is 54. The fourth-order valence-corrected chi connectivity index (χ4v) is 9.09. The number of unbranched alkanes of at least 4 members (excludes halogenated alkanes) is 46. The van der Waals surface area contributed by atoms with Crippen molar-refractivity contribution in [3.63, 3.8) is 0 Å². The zero-order chi connectivity index (χ0) is 44.9. The van der Waals surface area contributed by atoms with Crippen molar-refractivity contribution in [2.75, 3.05) is 13.2 Å². The number of carbonyl (C=O) groups is 2. The van der Waals surface area contributed by atoms with Gasteiger partial charge in [-0.15, -0.1) is 0 Å². The second kappa shape index (κ2) is 54.2. The fraction of sp³-hybridized carbons (Fsp3) is 0.965. The van der Waals surface area contributed by atoms with E-state index in [1.165, 1.54) is 276 Å². The van der Waals surface area contributed by atoms with Gasteiger partial charge in [0.05, 0.1) is 6.61 Å². The molecule has 0 aromatic rings. The quantitative estimate of drug-likeness (QED) is 0.0487. The molecule has 0 aliphatic carbocycles. The first-order valence-electron chi connectivity index (χ1n) is 28.6. The molecular formula is C57H112O5. The normalized spacial score (nSPS) is 12.0. The first-order chi connectivity index (χ1) is 30.6. The molecule has 0 amide bonds. The van der Waals surface area contributed by atoms with Gasteiger partial charge in [0.2, 0.25) is 0 Å². The lowest BCUT2D eigenvalue weighted by atomic mass is 10.0. The third-order valence-corrected chi connectivity index (χ3v) is 13.4. The molecule has 0 rings (SSSR count). The van der Waals surface area contributed by atoms with E-state index >= 15 is 0 Å².